The van der Waals surface area contributed by atoms with Gasteiger partial charge in [-0.2, -0.15) is 5.10 Å². The molecule has 9 heteroatoms. The molecular formula is C28H37N5O4. The van der Waals surface area contributed by atoms with Crippen molar-refractivity contribution in [3.63, 3.8) is 0 Å². The molecule has 1 aromatic heterocycles. The van der Waals surface area contributed by atoms with Crippen molar-refractivity contribution in [1.82, 2.24) is 14.7 Å². The summed E-state index contributed by atoms with van der Waals surface area (Å²) in [5.41, 5.74) is 3.21. The Hall–Kier alpha value is -3.85. The Kier molecular flexibility index (Phi) is 9.30. The number of carbonyl (C=O) groups excluding carboxylic acids is 2. The molecule has 0 fully saturated rings. The number of ether oxygens (including phenoxy) is 2. The van der Waals surface area contributed by atoms with Gasteiger partial charge in [0.15, 0.2) is 0 Å². The van der Waals surface area contributed by atoms with Crippen LogP contribution in [0.2, 0.25) is 0 Å². The van der Waals surface area contributed by atoms with E-state index < -0.39 is 0 Å². The van der Waals surface area contributed by atoms with Gasteiger partial charge in [-0.15, -0.1) is 0 Å². The smallest absolute Gasteiger partial charge is 0.322 e. The van der Waals surface area contributed by atoms with Gasteiger partial charge in [-0.05, 0) is 49.7 Å². The van der Waals surface area contributed by atoms with Gasteiger partial charge in [-0.1, -0.05) is 38.5 Å². The zero-order chi connectivity index (χ0) is 27.0. The highest BCUT2D eigenvalue weighted by molar-refractivity contribution is 5.96. The number of benzene rings is 2. The van der Waals surface area contributed by atoms with Gasteiger partial charge < -0.3 is 25.0 Å². The standard InChI is InChI=1S/C28H37N5O4/c1-20-8-12-22(13-9-20)33-25(18-24(31-33)28(2,3)4)30-26(34)19-32(16-7-17-36-5)27(35)29-21-10-14-23(37-6)15-11-21/h8-15,18H,7,16-17,19H2,1-6H3,(H,29,35)(H,30,34). The van der Waals surface area contributed by atoms with E-state index in [4.69, 9.17) is 14.6 Å². The normalized spacial score (nSPS) is 11.2. The molecule has 0 unspecified atom stereocenters. The fourth-order valence-corrected chi connectivity index (χ4v) is 3.60. The van der Waals surface area contributed by atoms with Crippen LogP contribution in [-0.2, 0) is 14.9 Å². The number of nitrogens with one attached hydrogen (secondary N) is 2. The molecule has 0 aliphatic heterocycles. The van der Waals surface area contributed by atoms with Gasteiger partial charge in [-0.3, -0.25) is 4.79 Å². The van der Waals surface area contributed by atoms with E-state index in [0.29, 0.717) is 36.8 Å². The topological polar surface area (TPSA) is 97.7 Å². The van der Waals surface area contributed by atoms with Crippen LogP contribution in [0.3, 0.4) is 0 Å². The molecule has 0 radical (unpaired) electrons. The Balaban J connectivity index is 1.78. The summed E-state index contributed by atoms with van der Waals surface area (Å²) in [6, 6.07) is 16.4. The van der Waals surface area contributed by atoms with Crippen molar-refractivity contribution in [2.24, 2.45) is 0 Å². The highest BCUT2D eigenvalue weighted by atomic mass is 16.5. The lowest BCUT2D eigenvalue weighted by atomic mass is 9.92. The Morgan fingerprint density at radius 1 is 1.00 bits per heavy atom. The summed E-state index contributed by atoms with van der Waals surface area (Å²) in [4.78, 5) is 27.7. The van der Waals surface area contributed by atoms with Crippen LogP contribution in [0.15, 0.2) is 54.6 Å². The molecule has 0 spiro atoms. The highest BCUT2D eigenvalue weighted by Crippen LogP contribution is 2.26. The van der Waals surface area contributed by atoms with Crippen LogP contribution in [-0.4, -0.2) is 60.5 Å². The summed E-state index contributed by atoms with van der Waals surface area (Å²) >= 11 is 0. The third-order valence-corrected chi connectivity index (χ3v) is 5.76. The third kappa shape index (κ3) is 7.82. The number of anilines is 2. The second-order valence-corrected chi connectivity index (χ2v) is 9.89. The average Bonchev–Trinajstić information content (AvgIpc) is 3.28. The van der Waals surface area contributed by atoms with Crippen LogP contribution in [0.25, 0.3) is 5.69 Å². The van der Waals surface area contributed by atoms with Gasteiger partial charge in [0.1, 0.15) is 18.1 Å². The molecule has 2 N–H and O–H groups in total. The number of nitrogens with zero attached hydrogens (tertiary/aromatic N) is 3. The predicted octanol–water partition coefficient (Wildman–Crippen LogP) is 5.00. The summed E-state index contributed by atoms with van der Waals surface area (Å²) in [6.45, 7) is 8.93. The fraction of sp³-hybridized carbons (Fsp3) is 0.393. The molecule has 3 aromatic rings. The van der Waals surface area contributed by atoms with Crippen molar-refractivity contribution in [2.45, 2.75) is 39.5 Å². The highest BCUT2D eigenvalue weighted by Gasteiger charge is 2.23. The molecule has 0 atom stereocenters. The number of aryl methyl sites for hydroxylation is 1. The van der Waals surface area contributed by atoms with Gasteiger partial charge >= 0.3 is 6.03 Å². The van der Waals surface area contributed by atoms with Crippen LogP contribution in [0.1, 0.15) is 38.4 Å². The Labute approximate surface area is 218 Å². The Morgan fingerprint density at radius 2 is 1.68 bits per heavy atom. The lowest BCUT2D eigenvalue weighted by Crippen LogP contribution is -2.41. The zero-order valence-corrected chi connectivity index (χ0v) is 22.5. The maximum Gasteiger partial charge on any atom is 0.322 e. The van der Waals surface area contributed by atoms with E-state index in [9.17, 15) is 9.59 Å². The summed E-state index contributed by atoms with van der Waals surface area (Å²) in [5.74, 6) is 0.913. The molecule has 9 nitrogen and oxygen atoms in total. The first kappa shape index (κ1) is 27.7. The summed E-state index contributed by atoms with van der Waals surface area (Å²) in [6.07, 6.45) is 0.593. The molecule has 3 amide bonds. The molecule has 0 saturated carbocycles. The zero-order valence-electron chi connectivity index (χ0n) is 22.5. The van der Waals surface area contributed by atoms with Crippen LogP contribution >= 0.6 is 0 Å². The first-order chi connectivity index (χ1) is 17.6. The number of hydrogen-bond donors (Lipinski definition) is 2. The number of hydrogen-bond acceptors (Lipinski definition) is 5. The van der Waals surface area contributed by atoms with E-state index in [1.807, 2.05) is 37.3 Å². The maximum atomic E-state index is 13.2. The van der Waals surface area contributed by atoms with Gasteiger partial charge in [0.05, 0.1) is 18.5 Å². The van der Waals surface area contributed by atoms with Gasteiger partial charge in [0.25, 0.3) is 0 Å². The lowest BCUT2D eigenvalue weighted by molar-refractivity contribution is -0.116. The van der Waals surface area contributed by atoms with Gasteiger partial charge in [0, 0.05) is 37.4 Å². The molecule has 0 aliphatic carbocycles. The molecule has 0 aliphatic rings. The summed E-state index contributed by atoms with van der Waals surface area (Å²) in [5, 5.41) is 10.6. The number of methoxy groups -OCH3 is 2. The maximum absolute atomic E-state index is 13.2. The number of rotatable bonds is 10. The van der Waals surface area contributed by atoms with Crippen molar-refractivity contribution >= 4 is 23.4 Å². The first-order valence-corrected chi connectivity index (χ1v) is 12.3. The average molecular weight is 508 g/mol. The second kappa shape index (κ2) is 12.4. The third-order valence-electron chi connectivity index (χ3n) is 5.76. The molecule has 0 saturated heterocycles. The minimum Gasteiger partial charge on any atom is -0.497 e. The summed E-state index contributed by atoms with van der Waals surface area (Å²) in [7, 11) is 3.19. The van der Waals surface area contributed by atoms with E-state index in [1.165, 1.54) is 4.90 Å². The number of carbonyl (C=O) groups is 2. The number of amides is 3. The fourth-order valence-electron chi connectivity index (χ4n) is 3.60. The second-order valence-electron chi connectivity index (χ2n) is 9.89. The molecule has 1 heterocycles. The Bertz CT molecular complexity index is 1180. The largest absolute Gasteiger partial charge is 0.497 e. The van der Waals surface area contributed by atoms with Crippen LogP contribution in [0.4, 0.5) is 16.3 Å². The van der Waals surface area contributed by atoms with E-state index >= 15 is 0 Å². The van der Waals surface area contributed by atoms with Crippen LogP contribution in [0, 0.1) is 6.92 Å². The minimum absolute atomic E-state index is 0.129. The molecule has 0 bridgehead atoms. The van der Waals surface area contributed by atoms with E-state index in [-0.39, 0.29) is 23.9 Å². The lowest BCUT2D eigenvalue weighted by Gasteiger charge is -2.23. The number of aromatic nitrogens is 2. The van der Waals surface area contributed by atoms with Gasteiger partial charge in [0.2, 0.25) is 5.91 Å². The predicted molar refractivity (Wildman–Crippen MR) is 146 cm³/mol. The Morgan fingerprint density at radius 3 is 2.27 bits per heavy atom. The first-order valence-electron chi connectivity index (χ1n) is 12.3. The van der Waals surface area contributed by atoms with E-state index in [1.54, 1.807) is 43.2 Å². The van der Waals surface area contributed by atoms with Crippen molar-refractivity contribution in [3.05, 3.63) is 65.9 Å². The van der Waals surface area contributed by atoms with Crippen molar-refractivity contribution in [1.29, 1.82) is 0 Å². The molecular weight excluding hydrogens is 470 g/mol. The monoisotopic (exact) mass is 507 g/mol. The molecule has 2 aromatic carbocycles. The SMILES string of the molecule is COCCCN(CC(=O)Nc1cc(C(C)(C)C)nn1-c1ccc(C)cc1)C(=O)Nc1ccc(OC)cc1. The van der Waals surface area contributed by atoms with Gasteiger partial charge in [-0.25, -0.2) is 9.48 Å². The van der Waals surface area contributed by atoms with E-state index in [2.05, 4.69) is 31.4 Å². The van der Waals surface area contributed by atoms with Crippen LogP contribution in [0.5, 0.6) is 5.75 Å². The van der Waals surface area contributed by atoms with Crippen molar-refractivity contribution in [3.8, 4) is 11.4 Å². The van der Waals surface area contributed by atoms with Crippen molar-refractivity contribution < 1.29 is 19.1 Å². The molecule has 37 heavy (non-hydrogen) atoms. The quantitative estimate of drug-likeness (QED) is 0.377. The van der Waals surface area contributed by atoms with Crippen molar-refractivity contribution in [2.75, 3.05) is 44.5 Å². The summed E-state index contributed by atoms with van der Waals surface area (Å²) < 4.78 is 12.0. The molecule has 198 valence electrons. The number of urea groups is 1. The van der Waals surface area contributed by atoms with E-state index in [0.717, 1.165) is 16.9 Å². The minimum atomic E-state index is -0.376. The van der Waals surface area contributed by atoms with Crippen LogP contribution < -0.4 is 15.4 Å². The molecule has 3 rings (SSSR count).